The molecule has 4 aromatic rings. The number of benzene rings is 2. The molecule has 124 valence electrons. The van der Waals surface area contributed by atoms with Crippen molar-refractivity contribution in [3.63, 3.8) is 0 Å². The van der Waals surface area contributed by atoms with E-state index in [0.29, 0.717) is 22.0 Å². The van der Waals surface area contributed by atoms with E-state index in [1.165, 1.54) is 11.3 Å². The second-order valence-corrected chi connectivity index (χ2v) is 6.21. The molecule has 0 bridgehead atoms. The van der Waals surface area contributed by atoms with Gasteiger partial charge in [0.25, 0.3) is 0 Å². The maximum Gasteiger partial charge on any atom is 0.345 e. The van der Waals surface area contributed by atoms with E-state index in [-0.39, 0.29) is 0 Å². The van der Waals surface area contributed by atoms with Crippen molar-refractivity contribution in [3.8, 4) is 17.0 Å². The van der Waals surface area contributed by atoms with Gasteiger partial charge in [-0.05, 0) is 24.3 Å². The Morgan fingerprint density at radius 2 is 1.92 bits per heavy atom. The molecule has 0 spiro atoms. The molecule has 0 fully saturated rings. The number of rotatable bonds is 4. The van der Waals surface area contributed by atoms with Gasteiger partial charge in [-0.3, -0.25) is 0 Å². The number of para-hydroxylation sites is 3. The molecule has 0 saturated heterocycles. The van der Waals surface area contributed by atoms with Gasteiger partial charge in [-0.15, -0.1) is 11.3 Å². The van der Waals surface area contributed by atoms with Crippen molar-refractivity contribution in [2.75, 3.05) is 12.4 Å². The predicted octanol–water partition coefficient (Wildman–Crippen LogP) is 4.67. The van der Waals surface area contributed by atoms with Crippen LogP contribution in [0.2, 0.25) is 0 Å². The number of anilines is 2. The van der Waals surface area contributed by atoms with Crippen molar-refractivity contribution >= 4 is 33.1 Å². The normalized spacial score (nSPS) is 10.8. The molecule has 2 heterocycles. The maximum absolute atomic E-state index is 12.3. The lowest BCUT2D eigenvalue weighted by molar-refractivity contribution is 0.417. The SMILES string of the molecule is COc1ccccc1Nc1nc(-c2cc3ccccc3oc2=O)cs1. The lowest BCUT2D eigenvalue weighted by atomic mass is 10.1. The number of methoxy groups -OCH3 is 1. The van der Waals surface area contributed by atoms with Crippen LogP contribution in [0.25, 0.3) is 22.2 Å². The first kappa shape index (κ1) is 15.4. The van der Waals surface area contributed by atoms with Crippen LogP contribution in [0.3, 0.4) is 0 Å². The molecule has 6 heteroatoms. The molecule has 5 nitrogen and oxygen atoms in total. The largest absolute Gasteiger partial charge is 0.495 e. The Hall–Kier alpha value is -3.12. The average molecular weight is 350 g/mol. The number of nitrogens with one attached hydrogen (secondary N) is 1. The molecule has 2 aromatic carbocycles. The summed E-state index contributed by atoms with van der Waals surface area (Å²) >= 11 is 1.41. The van der Waals surface area contributed by atoms with Crippen LogP contribution in [-0.4, -0.2) is 12.1 Å². The van der Waals surface area contributed by atoms with Gasteiger partial charge in [-0.2, -0.15) is 0 Å². The van der Waals surface area contributed by atoms with Gasteiger partial charge in [0.1, 0.15) is 11.3 Å². The van der Waals surface area contributed by atoms with Crippen LogP contribution >= 0.6 is 11.3 Å². The number of hydrogen-bond donors (Lipinski definition) is 1. The average Bonchev–Trinajstić information content (AvgIpc) is 3.10. The molecule has 0 aliphatic rings. The topological polar surface area (TPSA) is 64.4 Å². The second kappa shape index (κ2) is 6.41. The van der Waals surface area contributed by atoms with Crippen LogP contribution in [0.15, 0.2) is 69.2 Å². The molecule has 4 rings (SSSR count). The molecule has 1 N–H and O–H groups in total. The van der Waals surface area contributed by atoms with Gasteiger partial charge in [0, 0.05) is 10.8 Å². The summed E-state index contributed by atoms with van der Waals surface area (Å²) in [5, 5.41) is 6.59. The predicted molar refractivity (Wildman–Crippen MR) is 99.9 cm³/mol. The van der Waals surface area contributed by atoms with E-state index in [4.69, 9.17) is 9.15 Å². The summed E-state index contributed by atoms with van der Waals surface area (Å²) in [6, 6.07) is 16.8. The second-order valence-electron chi connectivity index (χ2n) is 5.35. The van der Waals surface area contributed by atoms with Crippen molar-refractivity contribution in [1.82, 2.24) is 4.98 Å². The Bertz CT molecular complexity index is 1100. The molecular weight excluding hydrogens is 336 g/mol. The molecule has 0 aliphatic carbocycles. The Balaban J connectivity index is 1.70. The first-order valence-corrected chi connectivity index (χ1v) is 8.51. The third-order valence-electron chi connectivity index (χ3n) is 3.77. The molecule has 0 amide bonds. The standard InChI is InChI=1S/C19H14N2O3S/c1-23-17-9-5-3-7-14(17)20-19-21-15(11-25-19)13-10-12-6-2-4-8-16(12)24-18(13)22/h2-11H,1H3,(H,20,21). The fourth-order valence-electron chi connectivity index (χ4n) is 2.56. The smallest absolute Gasteiger partial charge is 0.345 e. The number of aromatic nitrogens is 1. The minimum atomic E-state index is -0.396. The lowest BCUT2D eigenvalue weighted by Gasteiger charge is -2.08. The third kappa shape index (κ3) is 2.99. The van der Waals surface area contributed by atoms with Crippen LogP contribution < -0.4 is 15.7 Å². The highest BCUT2D eigenvalue weighted by Gasteiger charge is 2.12. The Kier molecular flexibility index (Phi) is 3.95. The molecule has 0 radical (unpaired) electrons. The highest BCUT2D eigenvalue weighted by molar-refractivity contribution is 7.14. The number of nitrogens with zero attached hydrogens (tertiary/aromatic N) is 1. The minimum Gasteiger partial charge on any atom is -0.495 e. The van der Waals surface area contributed by atoms with E-state index < -0.39 is 5.63 Å². The zero-order valence-corrected chi connectivity index (χ0v) is 14.2. The number of hydrogen-bond acceptors (Lipinski definition) is 6. The van der Waals surface area contributed by atoms with Crippen LogP contribution in [0.4, 0.5) is 10.8 Å². The van der Waals surface area contributed by atoms with E-state index in [1.54, 1.807) is 13.2 Å². The molecule has 0 unspecified atom stereocenters. The summed E-state index contributed by atoms with van der Waals surface area (Å²) in [6.07, 6.45) is 0. The molecule has 0 atom stereocenters. The number of thiazole rings is 1. The zero-order chi connectivity index (χ0) is 17.2. The van der Waals surface area contributed by atoms with Crippen molar-refractivity contribution in [2.45, 2.75) is 0 Å². The van der Waals surface area contributed by atoms with Gasteiger partial charge in [-0.25, -0.2) is 9.78 Å². The number of ether oxygens (including phenoxy) is 1. The monoisotopic (exact) mass is 350 g/mol. The van der Waals surface area contributed by atoms with Crippen LogP contribution in [-0.2, 0) is 0 Å². The Labute approximate surface area is 147 Å². The third-order valence-corrected chi connectivity index (χ3v) is 4.53. The minimum absolute atomic E-state index is 0.396. The van der Waals surface area contributed by atoms with E-state index >= 15 is 0 Å². The maximum atomic E-state index is 12.3. The number of fused-ring (bicyclic) bond motifs is 1. The van der Waals surface area contributed by atoms with E-state index in [2.05, 4.69) is 10.3 Å². The van der Waals surface area contributed by atoms with Crippen molar-refractivity contribution in [3.05, 3.63) is 70.4 Å². The fourth-order valence-corrected chi connectivity index (χ4v) is 3.28. The first-order valence-electron chi connectivity index (χ1n) is 7.63. The molecule has 0 aliphatic heterocycles. The van der Waals surface area contributed by atoms with Gasteiger partial charge in [0.15, 0.2) is 5.13 Å². The quantitative estimate of drug-likeness (QED) is 0.542. The molecule has 25 heavy (non-hydrogen) atoms. The van der Waals surface area contributed by atoms with Gasteiger partial charge in [0.05, 0.1) is 24.1 Å². The van der Waals surface area contributed by atoms with Gasteiger partial charge >= 0.3 is 5.63 Å². The highest BCUT2D eigenvalue weighted by Crippen LogP contribution is 2.31. The summed E-state index contributed by atoms with van der Waals surface area (Å²) in [4.78, 5) is 16.8. The van der Waals surface area contributed by atoms with Crippen molar-refractivity contribution in [2.24, 2.45) is 0 Å². The summed E-state index contributed by atoms with van der Waals surface area (Å²) in [7, 11) is 1.62. The fraction of sp³-hybridized carbons (Fsp3) is 0.0526. The van der Waals surface area contributed by atoms with E-state index in [9.17, 15) is 4.79 Å². The Morgan fingerprint density at radius 1 is 1.12 bits per heavy atom. The summed E-state index contributed by atoms with van der Waals surface area (Å²) < 4.78 is 10.7. The van der Waals surface area contributed by atoms with Crippen molar-refractivity contribution < 1.29 is 9.15 Å². The van der Waals surface area contributed by atoms with Gasteiger partial charge in [0.2, 0.25) is 0 Å². The molecule has 0 saturated carbocycles. The van der Waals surface area contributed by atoms with Crippen molar-refractivity contribution in [1.29, 1.82) is 0 Å². The summed E-state index contributed by atoms with van der Waals surface area (Å²) in [5.41, 5.74) is 2.02. The van der Waals surface area contributed by atoms with Gasteiger partial charge in [-0.1, -0.05) is 30.3 Å². The van der Waals surface area contributed by atoms with Crippen LogP contribution in [0, 0.1) is 0 Å². The van der Waals surface area contributed by atoms with Crippen LogP contribution in [0.5, 0.6) is 5.75 Å². The Morgan fingerprint density at radius 3 is 2.80 bits per heavy atom. The summed E-state index contributed by atoms with van der Waals surface area (Å²) in [6.45, 7) is 0. The van der Waals surface area contributed by atoms with E-state index in [0.717, 1.165) is 16.8 Å². The first-order chi connectivity index (χ1) is 12.2. The van der Waals surface area contributed by atoms with Gasteiger partial charge < -0.3 is 14.5 Å². The molecular formula is C19H14N2O3S. The highest BCUT2D eigenvalue weighted by atomic mass is 32.1. The zero-order valence-electron chi connectivity index (χ0n) is 13.4. The molecule has 2 aromatic heterocycles. The van der Waals surface area contributed by atoms with Crippen LogP contribution in [0.1, 0.15) is 0 Å². The van der Waals surface area contributed by atoms with E-state index in [1.807, 2.05) is 53.9 Å². The summed E-state index contributed by atoms with van der Waals surface area (Å²) in [5.74, 6) is 0.726. The lowest BCUT2D eigenvalue weighted by Crippen LogP contribution is -2.03.